The topological polar surface area (TPSA) is 78.2 Å². The maximum absolute atomic E-state index is 12.8. The summed E-state index contributed by atoms with van der Waals surface area (Å²) >= 11 is 0. The van der Waals surface area contributed by atoms with E-state index in [2.05, 4.69) is 6.92 Å². The fraction of sp³-hybridized carbons (Fsp3) is 0.429. The van der Waals surface area contributed by atoms with E-state index in [0.717, 1.165) is 0 Å². The molecule has 0 spiro atoms. The molecule has 2 aliphatic rings. The molecule has 148 valence electrons. The number of carbonyl (C=O) groups excluding carboxylic acids is 1. The van der Waals surface area contributed by atoms with Crippen LogP contribution in [0.1, 0.15) is 34.7 Å². The molecule has 1 amide bonds. The van der Waals surface area contributed by atoms with Gasteiger partial charge in [0.25, 0.3) is 5.91 Å². The van der Waals surface area contributed by atoms with E-state index in [0.29, 0.717) is 42.6 Å². The molecule has 1 fully saturated rings. The molecular weight excluding hydrogens is 362 g/mol. The van der Waals surface area contributed by atoms with Crippen molar-refractivity contribution in [1.29, 1.82) is 0 Å². The van der Waals surface area contributed by atoms with Gasteiger partial charge in [0.1, 0.15) is 12.2 Å². The van der Waals surface area contributed by atoms with Crippen LogP contribution < -0.4 is 15.1 Å². The summed E-state index contributed by atoms with van der Waals surface area (Å²) in [4.78, 5) is 27.0. The second kappa shape index (κ2) is 6.98. The zero-order valence-electron chi connectivity index (χ0n) is 16.2. The Morgan fingerprint density at radius 3 is 2.61 bits per heavy atom. The van der Waals surface area contributed by atoms with Gasteiger partial charge in [0.05, 0.1) is 13.2 Å². The van der Waals surface area contributed by atoms with E-state index in [4.69, 9.17) is 18.6 Å². The van der Waals surface area contributed by atoms with Crippen LogP contribution >= 0.6 is 0 Å². The number of amides is 1. The lowest BCUT2D eigenvalue weighted by molar-refractivity contribution is -0.109. The molecule has 1 unspecified atom stereocenters. The van der Waals surface area contributed by atoms with Crippen LogP contribution in [-0.2, 0) is 4.74 Å². The summed E-state index contributed by atoms with van der Waals surface area (Å²) in [7, 11) is 1.69. The number of ether oxygens (including phenoxy) is 3. The maximum Gasteiger partial charge on any atom is 0.349 e. The van der Waals surface area contributed by atoms with E-state index in [1.54, 1.807) is 31.0 Å². The highest BCUT2D eigenvalue weighted by atomic mass is 16.6. The Labute approximate surface area is 162 Å². The van der Waals surface area contributed by atoms with Crippen LogP contribution in [0.25, 0.3) is 0 Å². The molecule has 3 heterocycles. The van der Waals surface area contributed by atoms with Gasteiger partial charge in [-0.15, -0.1) is 0 Å². The summed E-state index contributed by atoms with van der Waals surface area (Å²) < 4.78 is 22.3. The van der Waals surface area contributed by atoms with Crippen LogP contribution in [0.5, 0.6) is 11.5 Å². The molecule has 0 aliphatic carbocycles. The number of para-hydroxylation sites is 2. The van der Waals surface area contributed by atoms with Gasteiger partial charge < -0.3 is 23.5 Å². The zero-order valence-corrected chi connectivity index (χ0v) is 16.2. The number of fused-ring (bicyclic) bond motifs is 1. The highest BCUT2D eigenvalue weighted by Gasteiger charge is 2.36. The molecule has 2 aliphatic heterocycles. The molecule has 1 atom stereocenters. The van der Waals surface area contributed by atoms with Crippen molar-refractivity contribution in [2.45, 2.75) is 20.0 Å². The molecule has 1 aromatic carbocycles. The number of nitrogens with zero attached hydrogens (tertiary/aromatic N) is 1. The number of benzene rings is 1. The monoisotopic (exact) mass is 385 g/mol. The minimum atomic E-state index is -0.663. The molecule has 0 N–H and O–H groups in total. The van der Waals surface area contributed by atoms with Crippen LogP contribution in [-0.4, -0.2) is 44.2 Å². The molecular formula is C21H23NO6. The zero-order chi connectivity index (χ0) is 19.9. The molecule has 0 bridgehead atoms. The van der Waals surface area contributed by atoms with Crippen molar-refractivity contribution >= 4 is 5.91 Å². The molecule has 28 heavy (non-hydrogen) atoms. The van der Waals surface area contributed by atoms with Gasteiger partial charge in [0.15, 0.2) is 23.4 Å². The average molecular weight is 385 g/mol. The van der Waals surface area contributed by atoms with Crippen LogP contribution in [0.3, 0.4) is 0 Å². The van der Waals surface area contributed by atoms with Gasteiger partial charge in [-0.1, -0.05) is 19.1 Å². The van der Waals surface area contributed by atoms with Crippen molar-refractivity contribution in [2.75, 3.05) is 33.4 Å². The molecule has 0 saturated carbocycles. The third-order valence-corrected chi connectivity index (χ3v) is 5.07. The minimum Gasteiger partial charge on any atom is -0.485 e. The predicted octanol–water partition coefficient (Wildman–Crippen LogP) is 2.57. The van der Waals surface area contributed by atoms with Gasteiger partial charge in [0.2, 0.25) is 0 Å². The Morgan fingerprint density at radius 1 is 1.25 bits per heavy atom. The van der Waals surface area contributed by atoms with Gasteiger partial charge in [0, 0.05) is 19.0 Å². The van der Waals surface area contributed by atoms with E-state index in [1.807, 2.05) is 18.2 Å². The molecule has 0 radical (unpaired) electrons. The highest BCUT2D eigenvalue weighted by Crippen LogP contribution is 2.36. The first-order chi connectivity index (χ1) is 13.4. The van der Waals surface area contributed by atoms with Crippen LogP contribution in [0.15, 0.2) is 39.5 Å². The van der Waals surface area contributed by atoms with E-state index in [9.17, 15) is 9.59 Å². The third kappa shape index (κ3) is 3.38. The SMILES string of the molecule is Cc1cc(C2COc3ccccc3O2)oc(=O)c1C(=O)N(C)CC1(C)COC1. The normalized spacial score (nSPS) is 19.6. The highest BCUT2D eigenvalue weighted by molar-refractivity contribution is 5.95. The largest absolute Gasteiger partial charge is 0.485 e. The fourth-order valence-electron chi connectivity index (χ4n) is 3.59. The van der Waals surface area contributed by atoms with Gasteiger partial charge in [-0.05, 0) is 30.7 Å². The summed E-state index contributed by atoms with van der Waals surface area (Å²) in [5.74, 6) is 1.24. The number of hydrogen-bond donors (Lipinski definition) is 0. The lowest BCUT2D eigenvalue weighted by Gasteiger charge is -2.40. The smallest absolute Gasteiger partial charge is 0.349 e. The Balaban J connectivity index is 1.55. The number of aryl methyl sites for hydroxylation is 1. The second-order valence-electron chi connectivity index (χ2n) is 7.82. The second-order valence-corrected chi connectivity index (χ2v) is 7.82. The molecule has 2 aromatic rings. The first-order valence-electron chi connectivity index (χ1n) is 9.23. The molecule has 1 saturated heterocycles. The van der Waals surface area contributed by atoms with E-state index in [-0.39, 0.29) is 23.5 Å². The lowest BCUT2D eigenvalue weighted by atomic mass is 9.88. The molecule has 4 rings (SSSR count). The van der Waals surface area contributed by atoms with E-state index < -0.39 is 11.7 Å². The maximum atomic E-state index is 12.8. The summed E-state index contributed by atoms with van der Waals surface area (Å²) in [6, 6.07) is 9.00. The van der Waals surface area contributed by atoms with Crippen molar-refractivity contribution in [3.05, 3.63) is 57.6 Å². The number of hydrogen-bond acceptors (Lipinski definition) is 6. The van der Waals surface area contributed by atoms with Crippen LogP contribution in [0.2, 0.25) is 0 Å². The Bertz CT molecular complexity index is 962. The summed E-state index contributed by atoms with van der Waals surface area (Å²) in [6.45, 7) is 5.74. The van der Waals surface area contributed by atoms with Gasteiger partial charge in [-0.25, -0.2) is 4.79 Å². The first-order valence-corrected chi connectivity index (χ1v) is 9.23. The van der Waals surface area contributed by atoms with Gasteiger partial charge >= 0.3 is 5.63 Å². The fourth-order valence-corrected chi connectivity index (χ4v) is 3.59. The summed E-state index contributed by atoms with van der Waals surface area (Å²) in [5, 5.41) is 0. The van der Waals surface area contributed by atoms with Crippen molar-refractivity contribution in [3.8, 4) is 11.5 Å². The number of rotatable bonds is 4. The van der Waals surface area contributed by atoms with Crippen LogP contribution in [0, 0.1) is 12.3 Å². The van der Waals surface area contributed by atoms with Gasteiger partial charge in [-0.3, -0.25) is 4.79 Å². The quantitative estimate of drug-likeness (QED) is 0.805. The first kappa shape index (κ1) is 18.6. The molecule has 7 nitrogen and oxygen atoms in total. The Morgan fingerprint density at radius 2 is 1.96 bits per heavy atom. The van der Waals surface area contributed by atoms with E-state index in [1.165, 1.54) is 0 Å². The lowest BCUT2D eigenvalue weighted by Crippen LogP contribution is -2.49. The Hall–Kier alpha value is -2.80. The summed E-state index contributed by atoms with van der Waals surface area (Å²) in [5.41, 5.74) is -0.129. The molecule has 1 aromatic heterocycles. The Kier molecular flexibility index (Phi) is 4.63. The van der Waals surface area contributed by atoms with Gasteiger partial charge in [-0.2, -0.15) is 0 Å². The number of carbonyl (C=O) groups is 1. The van der Waals surface area contributed by atoms with Crippen molar-refractivity contribution in [2.24, 2.45) is 5.41 Å². The van der Waals surface area contributed by atoms with Crippen molar-refractivity contribution in [1.82, 2.24) is 4.90 Å². The van der Waals surface area contributed by atoms with Crippen molar-refractivity contribution in [3.63, 3.8) is 0 Å². The standard InChI is InChI=1S/C21H23NO6/c1-13-8-16(17-9-26-14-6-4-5-7-15(14)27-17)28-20(24)18(13)19(23)22(3)10-21(2)11-25-12-21/h4-8,17H,9-12H2,1-3H3. The van der Waals surface area contributed by atoms with Crippen molar-refractivity contribution < 1.29 is 23.4 Å². The van der Waals surface area contributed by atoms with E-state index >= 15 is 0 Å². The van der Waals surface area contributed by atoms with Crippen LogP contribution in [0.4, 0.5) is 0 Å². The molecule has 7 heteroatoms. The minimum absolute atomic E-state index is 0.0484. The third-order valence-electron chi connectivity index (χ3n) is 5.07. The predicted molar refractivity (Wildman–Crippen MR) is 101 cm³/mol. The average Bonchev–Trinajstić information content (AvgIpc) is 2.65. The summed E-state index contributed by atoms with van der Waals surface area (Å²) in [6.07, 6.45) is -0.547.